The van der Waals surface area contributed by atoms with E-state index in [1.807, 2.05) is 30.3 Å². The molecule has 27 heavy (non-hydrogen) atoms. The number of thioether (sulfide) groups is 1. The molecule has 2 heterocycles. The monoisotopic (exact) mass is 397 g/mol. The summed E-state index contributed by atoms with van der Waals surface area (Å²) in [6.07, 6.45) is 3.51. The Bertz CT molecular complexity index is 1140. The number of para-hydroxylation sites is 1. The molecule has 7 heteroatoms. The van der Waals surface area contributed by atoms with Crippen LogP contribution in [-0.2, 0) is 4.79 Å². The van der Waals surface area contributed by atoms with Gasteiger partial charge in [-0.2, -0.15) is 0 Å². The highest BCUT2D eigenvalue weighted by Crippen LogP contribution is 2.33. The fourth-order valence-electron chi connectivity index (χ4n) is 2.70. The van der Waals surface area contributed by atoms with Crippen LogP contribution in [0.15, 0.2) is 58.6 Å². The fourth-order valence-corrected chi connectivity index (χ4v) is 3.72. The molecule has 0 saturated carbocycles. The Morgan fingerprint density at radius 1 is 1.26 bits per heavy atom. The summed E-state index contributed by atoms with van der Waals surface area (Å²) in [4.78, 5) is 21.6. The number of halogens is 2. The number of benzene rings is 2. The predicted molar refractivity (Wildman–Crippen MR) is 109 cm³/mol. The van der Waals surface area contributed by atoms with E-state index < -0.39 is 5.82 Å². The third kappa shape index (κ3) is 3.59. The normalized spacial score (nSPS) is 17.1. The lowest BCUT2D eigenvalue weighted by atomic mass is 10.1. The van der Waals surface area contributed by atoms with Gasteiger partial charge in [0.15, 0.2) is 5.17 Å². The average molecular weight is 398 g/mol. The minimum atomic E-state index is -0.392. The Morgan fingerprint density at radius 3 is 2.93 bits per heavy atom. The molecule has 1 aliphatic heterocycles. The zero-order valence-electron chi connectivity index (χ0n) is 14.2. The molecule has 1 saturated heterocycles. The van der Waals surface area contributed by atoms with E-state index in [4.69, 9.17) is 11.6 Å². The van der Waals surface area contributed by atoms with Crippen LogP contribution in [0, 0.1) is 12.7 Å². The van der Waals surface area contributed by atoms with Gasteiger partial charge in [-0.05, 0) is 48.5 Å². The lowest BCUT2D eigenvalue weighted by molar-refractivity contribution is -0.115. The quantitative estimate of drug-likeness (QED) is 0.602. The minimum absolute atomic E-state index is 0.191. The van der Waals surface area contributed by atoms with Gasteiger partial charge in [-0.1, -0.05) is 35.9 Å². The van der Waals surface area contributed by atoms with Gasteiger partial charge in [-0.25, -0.2) is 9.38 Å². The molecule has 1 amide bonds. The van der Waals surface area contributed by atoms with Crippen LogP contribution >= 0.6 is 23.4 Å². The number of aryl methyl sites for hydroxylation is 1. The molecule has 1 fully saturated rings. The van der Waals surface area contributed by atoms with E-state index in [2.05, 4.69) is 15.3 Å². The van der Waals surface area contributed by atoms with Crippen molar-refractivity contribution >= 4 is 57.1 Å². The van der Waals surface area contributed by atoms with Gasteiger partial charge in [-0.15, -0.1) is 0 Å². The number of aromatic nitrogens is 1. The molecule has 0 bridgehead atoms. The van der Waals surface area contributed by atoms with E-state index in [0.29, 0.717) is 21.3 Å². The highest BCUT2D eigenvalue weighted by atomic mass is 35.5. The molecule has 0 aliphatic carbocycles. The second-order valence-corrected chi connectivity index (χ2v) is 7.39. The first kappa shape index (κ1) is 17.7. The molecule has 0 unspecified atom stereocenters. The largest absolute Gasteiger partial charge is 0.300 e. The average Bonchev–Trinajstić information content (AvgIpc) is 2.99. The molecule has 0 radical (unpaired) electrons. The number of carbonyl (C=O) groups excluding carboxylic acids is 1. The molecular formula is C20H13ClFN3OS. The van der Waals surface area contributed by atoms with Gasteiger partial charge < -0.3 is 5.32 Å². The maximum absolute atomic E-state index is 13.5. The van der Waals surface area contributed by atoms with Crippen molar-refractivity contribution < 1.29 is 9.18 Å². The predicted octanol–water partition coefficient (Wildman–Crippen LogP) is 5.23. The van der Waals surface area contributed by atoms with Gasteiger partial charge in [0.05, 0.1) is 21.1 Å². The first-order valence-corrected chi connectivity index (χ1v) is 9.30. The number of amides is 1. The van der Waals surface area contributed by atoms with Crippen molar-refractivity contribution in [1.29, 1.82) is 0 Å². The van der Waals surface area contributed by atoms with E-state index in [-0.39, 0.29) is 10.9 Å². The Morgan fingerprint density at radius 2 is 2.07 bits per heavy atom. The molecule has 1 N–H and O–H groups in total. The number of nitrogens with zero attached hydrogens (tertiary/aromatic N) is 2. The molecule has 0 spiro atoms. The number of rotatable bonds is 2. The zero-order chi connectivity index (χ0) is 19.0. The van der Waals surface area contributed by atoms with Gasteiger partial charge in [0.25, 0.3) is 5.91 Å². The van der Waals surface area contributed by atoms with E-state index in [1.54, 1.807) is 25.3 Å². The number of carbonyl (C=O) groups is 1. The molecule has 3 aromatic rings. The molecule has 134 valence electrons. The smallest absolute Gasteiger partial charge is 0.264 e. The number of nitrogens with one attached hydrogen (secondary N) is 1. The summed E-state index contributed by atoms with van der Waals surface area (Å²) < 4.78 is 13.5. The molecule has 2 aromatic carbocycles. The van der Waals surface area contributed by atoms with Crippen LogP contribution in [-0.4, -0.2) is 16.1 Å². The van der Waals surface area contributed by atoms with Gasteiger partial charge in [-0.3, -0.25) is 9.78 Å². The van der Waals surface area contributed by atoms with Crippen molar-refractivity contribution in [3.63, 3.8) is 0 Å². The molecule has 4 rings (SSSR count). The first-order chi connectivity index (χ1) is 13.0. The lowest BCUT2D eigenvalue weighted by Crippen LogP contribution is -2.19. The van der Waals surface area contributed by atoms with Gasteiger partial charge >= 0.3 is 0 Å². The summed E-state index contributed by atoms with van der Waals surface area (Å²) in [6, 6.07) is 12.4. The number of pyridine rings is 1. The van der Waals surface area contributed by atoms with Crippen LogP contribution in [0.25, 0.3) is 17.0 Å². The molecule has 1 aliphatic rings. The molecule has 1 aromatic heterocycles. The number of hydrogen-bond donors (Lipinski definition) is 1. The first-order valence-electron chi connectivity index (χ1n) is 8.10. The number of amidine groups is 1. The number of fused-ring (bicyclic) bond motifs is 1. The van der Waals surface area contributed by atoms with E-state index in [9.17, 15) is 9.18 Å². The van der Waals surface area contributed by atoms with Crippen molar-refractivity contribution in [3.05, 3.63) is 75.5 Å². The Balaban J connectivity index is 1.68. The van der Waals surface area contributed by atoms with Crippen molar-refractivity contribution in [2.24, 2.45) is 4.99 Å². The van der Waals surface area contributed by atoms with Gasteiger partial charge in [0.1, 0.15) is 5.82 Å². The minimum Gasteiger partial charge on any atom is -0.300 e. The molecular weight excluding hydrogens is 385 g/mol. The summed E-state index contributed by atoms with van der Waals surface area (Å²) in [5.41, 5.74) is 2.52. The second kappa shape index (κ2) is 7.13. The van der Waals surface area contributed by atoms with Crippen molar-refractivity contribution in [2.75, 3.05) is 0 Å². The third-order valence-electron chi connectivity index (χ3n) is 4.05. The van der Waals surface area contributed by atoms with Crippen LogP contribution in [0.5, 0.6) is 0 Å². The van der Waals surface area contributed by atoms with Gasteiger partial charge in [0, 0.05) is 17.1 Å². The van der Waals surface area contributed by atoms with Crippen molar-refractivity contribution in [2.45, 2.75) is 6.92 Å². The standard InChI is InChI=1S/C20H13ClFN3OS/c1-11-8-16(14(21)10-15(11)22)24-20-25-19(26)17(27-20)9-13-5-2-4-12-6-3-7-23-18(12)13/h2-10H,1H3,(H,24,25,26). The summed E-state index contributed by atoms with van der Waals surface area (Å²) in [5.74, 6) is -0.641. The van der Waals surface area contributed by atoms with E-state index in [1.165, 1.54) is 17.8 Å². The molecule has 4 nitrogen and oxygen atoms in total. The maximum Gasteiger partial charge on any atom is 0.264 e. The summed E-state index contributed by atoms with van der Waals surface area (Å²) in [7, 11) is 0. The number of aliphatic imine (C=N–C) groups is 1. The number of hydrogen-bond acceptors (Lipinski definition) is 4. The van der Waals surface area contributed by atoms with Gasteiger partial charge in [0.2, 0.25) is 0 Å². The molecule has 0 atom stereocenters. The van der Waals surface area contributed by atoms with Crippen LogP contribution < -0.4 is 5.32 Å². The summed E-state index contributed by atoms with van der Waals surface area (Å²) in [6.45, 7) is 1.63. The Kier molecular flexibility index (Phi) is 4.68. The van der Waals surface area contributed by atoms with E-state index >= 15 is 0 Å². The van der Waals surface area contributed by atoms with Crippen LogP contribution in [0.2, 0.25) is 5.02 Å². The summed E-state index contributed by atoms with van der Waals surface area (Å²) >= 11 is 7.26. The Labute approximate surface area is 164 Å². The SMILES string of the molecule is Cc1cc(N=C2NC(=O)C(=Cc3cccc4cccnc34)S2)c(Cl)cc1F. The van der Waals surface area contributed by atoms with Crippen LogP contribution in [0.4, 0.5) is 10.1 Å². The maximum atomic E-state index is 13.5. The zero-order valence-corrected chi connectivity index (χ0v) is 15.7. The van der Waals surface area contributed by atoms with Crippen LogP contribution in [0.1, 0.15) is 11.1 Å². The third-order valence-corrected chi connectivity index (χ3v) is 5.26. The topological polar surface area (TPSA) is 54.4 Å². The fraction of sp³-hybridized carbons (Fsp3) is 0.0500. The van der Waals surface area contributed by atoms with Crippen molar-refractivity contribution in [1.82, 2.24) is 10.3 Å². The summed E-state index contributed by atoms with van der Waals surface area (Å²) in [5, 5.41) is 4.30. The van der Waals surface area contributed by atoms with E-state index in [0.717, 1.165) is 16.5 Å². The highest BCUT2D eigenvalue weighted by Gasteiger charge is 2.24. The van der Waals surface area contributed by atoms with Crippen LogP contribution in [0.3, 0.4) is 0 Å². The Hall–Kier alpha value is -2.70. The van der Waals surface area contributed by atoms with Crippen molar-refractivity contribution in [3.8, 4) is 0 Å². The lowest BCUT2D eigenvalue weighted by Gasteiger charge is -2.03. The highest BCUT2D eigenvalue weighted by molar-refractivity contribution is 8.18. The second-order valence-electron chi connectivity index (χ2n) is 5.96.